The largest absolute Gasteiger partial charge is 0.356 e. The number of aliphatic imine (C=N–C) groups is 1. The molecule has 16 heavy (non-hydrogen) atoms. The molecule has 1 aliphatic heterocycles. The highest BCUT2D eigenvalue weighted by Gasteiger charge is 2.10. The van der Waals surface area contributed by atoms with E-state index in [9.17, 15) is 0 Å². The molecule has 1 aliphatic rings. The maximum absolute atomic E-state index is 4.39. The topological polar surface area (TPSA) is 54.2 Å². The zero-order chi connectivity index (χ0) is 11.5. The van der Waals surface area contributed by atoms with E-state index in [1.165, 1.54) is 11.3 Å². The van der Waals surface area contributed by atoms with Gasteiger partial charge in [0.15, 0.2) is 5.96 Å². The molecular formula is C11H19N5. The van der Waals surface area contributed by atoms with Gasteiger partial charge in [0.1, 0.15) is 0 Å². The van der Waals surface area contributed by atoms with Crippen LogP contribution in [0.3, 0.4) is 0 Å². The van der Waals surface area contributed by atoms with E-state index in [2.05, 4.69) is 27.6 Å². The van der Waals surface area contributed by atoms with Crippen molar-refractivity contribution in [2.24, 2.45) is 12.0 Å². The van der Waals surface area contributed by atoms with Crippen LogP contribution in [0.5, 0.6) is 0 Å². The first-order valence-electron chi connectivity index (χ1n) is 5.69. The van der Waals surface area contributed by atoms with Gasteiger partial charge in [-0.1, -0.05) is 0 Å². The molecule has 5 heteroatoms. The molecular weight excluding hydrogens is 202 g/mol. The van der Waals surface area contributed by atoms with E-state index in [0.717, 1.165) is 37.7 Å². The summed E-state index contributed by atoms with van der Waals surface area (Å²) < 4.78 is 1.92. The molecule has 2 rings (SSSR count). The Morgan fingerprint density at radius 1 is 1.44 bits per heavy atom. The van der Waals surface area contributed by atoms with Crippen molar-refractivity contribution in [2.75, 3.05) is 13.1 Å². The van der Waals surface area contributed by atoms with Gasteiger partial charge in [-0.3, -0.25) is 9.67 Å². The quantitative estimate of drug-likeness (QED) is 0.763. The highest BCUT2D eigenvalue weighted by Crippen LogP contribution is 2.11. The van der Waals surface area contributed by atoms with Crippen LogP contribution in [0.2, 0.25) is 0 Å². The molecule has 2 N–H and O–H groups in total. The van der Waals surface area contributed by atoms with E-state index in [-0.39, 0.29) is 0 Å². The van der Waals surface area contributed by atoms with Crippen molar-refractivity contribution in [1.82, 2.24) is 20.4 Å². The summed E-state index contributed by atoms with van der Waals surface area (Å²) in [7, 11) is 1.97. The molecule has 0 bridgehead atoms. The third-order valence-electron chi connectivity index (χ3n) is 2.99. The number of rotatable bonds is 2. The predicted molar refractivity (Wildman–Crippen MR) is 64.4 cm³/mol. The first-order valence-corrected chi connectivity index (χ1v) is 5.69. The summed E-state index contributed by atoms with van der Waals surface area (Å²) in [6, 6.07) is 0. The number of guanidine groups is 1. The van der Waals surface area contributed by atoms with Crippen LogP contribution in [-0.2, 0) is 13.6 Å². The van der Waals surface area contributed by atoms with Gasteiger partial charge in [-0.15, -0.1) is 0 Å². The molecule has 0 amide bonds. The smallest absolute Gasteiger partial charge is 0.191 e. The predicted octanol–water partition coefficient (Wildman–Crippen LogP) is 0.476. The molecule has 0 aliphatic carbocycles. The van der Waals surface area contributed by atoms with Crippen molar-refractivity contribution in [3.8, 4) is 0 Å². The first-order chi connectivity index (χ1) is 7.68. The van der Waals surface area contributed by atoms with Crippen LogP contribution < -0.4 is 10.6 Å². The third-order valence-corrected chi connectivity index (χ3v) is 2.99. The second-order valence-electron chi connectivity index (χ2n) is 4.14. The molecule has 0 fully saturated rings. The standard InChI is InChI=1S/C11H19N5/c1-8-10(9(2)16(3)15-8)7-14-11-12-5-4-6-13-11/h4-7H2,1-3H3,(H2,12,13,14). The summed E-state index contributed by atoms with van der Waals surface area (Å²) in [5.41, 5.74) is 3.56. The normalized spacial score (nSPS) is 15.6. The van der Waals surface area contributed by atoms with Gasteiger partial charge >= 0.3 is 0 Å². The van der Waals surface area contributed by atoms with Gasteiger partial charge in [0.25, 0.3) is 0 Å². The number of nitrogens with one attached hydrogen (secondary N) is 2. The van der Waals surface area contributed by atoms with E-state index in [1.54, 1.807) is 0 Å². The van der Waals surface area contributed by atoms with Crippen molar-refractivity contribution >= 4 is 5.96 Å². The number of aromatic nitrogens is 2. The Bertz CT molecular complexity index is 405. The molecule has 2 heterocycles. The highest BCUT2D eigenvalue weighted by atomic mass is 15.3. The van der Waals surface area contributed by atoms with Gasteiger partial charge in [0, 0.05) is 37.9 Å². The van der Waals surface area contributed by atoms with Gasteiger partial charge in [0.05, 0.1) is 5.69 Å². The van der Waals surface area contributed by atoms with Crippen LogP contribution in [0.25, 0.3) is 0 Å². The summed E-state index contributed by atoms with van der Waals surface area (Å²) in [6.07, 6.45) is 1.12. The molecule has 0 spiro atoms. The summed E-state index contributed by atoms with van der Waals surface area (Å²) >= 11 is 0. The molecule has 0 unspecified atom stereocenters. The minimum absolute atomic E-state index is 0.789. The Morgan fingerprint density at radius 3 is 2.81 bits per heavy atom. The highest BCUT2D eigenvalue weighted by molar-refractivity contribution is 5.80. The van der Waals surface area contributed by atoms with Crippen molar-refractivity contribution in [3.63, 3.8) is 0 Å². The summed E-state index contributed by atoms with van der Waals surface area (Å²) in [6.45, 7) is 6.85. The number of hydrogen-bond acceptors (Lipinski definition) is 4. The lowest BCUT2D eigenvalue weighted by molar-refractivity contribution is 0.699. The van der Waals surface area contributed by atoms with E-state index in [1.807, 2.05) is 18.7 Å². The van der Waals surface area contributed by atoms with E-state index in [0.29, 0.717) is 0 Å². The Kier molecular flexibility index (Phi) is 3.12. The Balaban J connectivity index is 2.01. The SMILES string of the molecule is Cc1nn(C)c(C)c1CNC1=NCCCN1. The molecule has 1 aromatic heterocycles. The minimum atomic E-state index is 0.789. The fourth-order valence-corrected chi connectivity index (χ4v) is 1.90. The maximum Gasteiger partial charge on any atom is 0.191 e. The average Bonchev–Trinajstić information content (AvgIpc) is 2.53. The second-order valence-corrected chi connectivity index (χ2v) is 4.14. The van der Waals surface area contributed by atoms with Crippen molar-refractivity contribution < 1.29 is 0 Å². The molecule has 5 nitrogen and oxygen atoms in total. The van der Waals surface area contributed by atoms with E-state index < -0.39 is 0 Å². The van der Waals surface area contributed by atoms with Gasteiger partial charge in [-0.05, 0) is 20.3 Å². The van der Waals surface area contributed by atoms with Crippen LogP contribution in [0.4, 0.5) is 0 Å². The lowest BCUT2D eigenvalue weighted by Crippen LogP contribution is -2.40. The van der Waals surface area contributed by atoms with Crippen molar-refractivity contribution in [2.45, 2.75) is 26.8 Å². The Labute approximate surface area is 95.9 Å². The maximum atomic E-state index is 4.39. The molecule has 0 atom stereocenters. The summed E-state index contributed by atoms with van der Waals surface area (Å²) in [5, 5.41) is 11.0. The fourth-order valence-electron chi connectivity index (χ4n) is 1.90. The minimum Gasteiger partial charge on any atom is -0.356 e. The Morgan fingerprint density at radius 2 is 2.25 bits per heavy atom. The molecule has 0 saturated carbocycles. The van der Waals surface area contributed by atoms with Crippen LogP contribution >= 0.6 is 0 Å². The molecule has 1 aromatic rings. The number of nitrogens with zero attached hydrogens (tertiary/aromatic N) is 3. The zero-order valence-electron chi connectivity index (χ0n) is 10.2. The van der Waals surface area contributed by atoms with Crippen LogP contribution in [-0.4, -0.2) is 28.8 Å². The molecule has 0 aromatic carbocycles. The molecule has 88 valence electrons. The molecule has 0 saturated heterocycles. The van der Waals surface area contributed by atoms with Crippen LogP contribution in [0.15, 0.2) is 4.99 Å². The van der Waals surface area contributed by atoms with Gasteiger partial charge < -0.3 is 10.6 Å². The van der Waals surface area contributed by atoms with Crippen LogP contribution in [0, 0.1) is 13.8 Å². The Hall–Kier alpha value is -1.52. The van der Waals surface area contributed by atoms with Gasteiger partial charge in [-0.25, -0.2) is 0 Å². The monoisotopic (exact) mass is 221 g/mol. The summed E-state index contributed by atoms with van der Waals surface area (Å²) in [4.78, 5) is 4.38. The van der Waals surface area contributed by atoms with E-state index >= 15 is 0 Å². The first kappa shape index (κ1) is 11.0. The summed E-state index contributed by atoms with van der Waals surface area (Å²) in [5.74, 6) is 0.911. The molecule has 0 radical (unpaired) electrons. The average molecular weight is 221 g/mol. The fraction of sp³-hybridized carbons (Fsp3) is 0.636. The third kappa shape index (κ3) is 2.18. The van der Waals surface area contributed by atoms with Gasteiger partial charge in [0.2, 0.25) is 0 Å². The second kappa shape index (κ2) is 4.55. The van der Waals surface area contributed by atoms with E-state index in [4.69, 9.17) is 0 Å². The number of hydrogen-bond donors (Lipinski definition) is 2. The zero-order valence-corrected chi connectivity index (χ0v) is 10.2. The van der Waals surface area contributed by atoms with Crippen molar-refractivity contribution in [3.05, 3.63) is 17.0 Å². The van der Waals surface area contributed by atoms with Crippen LogP contribution in [0.1, 0.15) is 23.4 Å². The lowest BCUT2D eigenvalue weighted by atomic mass is 10.2. The van der Waals surface area contributed by atoms with Crippen molar-refractivity contribution in [1.29, 1.82) is 0 Å². The number of aryl methyl sites for hydroxylation is 2. The lowest BCUT2D eigenvalue weighted by Gasteiger charge is -2.16. The van der Waals surface area contributed by atoms with Gasteiger partial charge in [-0.2, -0.15) is 5.10 Å².